The van der Waals surface area contributed by atoms with Crippen LogP contribution in [0.25, 0.3) is 0 Å². The molecule has 33 heavy (non-hydrogen) atoms. The van der Waals surface area contributed by atoms with E-state index in [-0.39, 0.29) is 22.3 Å². The third-order valence-electron chi connectivity index (χ3n) is 5.47. The van der Waals surface area contributed by atoms with Gasteiger partial charge in [-0.2, -0.15) is 13.2 Å². The van der Waals surface area contributed by atoms with Crippen molar-refractivity contribution in [3.63, 3.8) is 0 Å². The minimum absolute atomic E-state index is 0.0309. The van der Waals surface area contributed by atoms with Crippen LogP contribution in [0.1, 0.15) is 41.6 Å². The van der Waals surface area contributed by atoms with Crippen molar-refractivity contribution >= 4 is 27.3 Å². The van der Waals surface area contributed by atoms with Crippen molar-refractivity contribution in [1.82, 2.24) is 4.72 Å². The Balaban J connectivity index is 1.93. The van der Waals surface area contributed by atoms with Gasteiger partial charge >= 0.3 is 6.18 Å². The van der Waals surface area contributed by atoms with Crippen LogP contribution in [0.5, 0.6) is 5.75 Å². The lowest BCUT2D eigenvalue weighted by atomic mass is 10.1. The number of amides is 1. The molecule has 1 aliphatic carbocycles. The number of nitrogens with zero attached hydrogens (tertiary/aromatic N) is 1. The lowest BCUT2D eigenvalue weighted by molar-refractivity contribution is -0.136. The number of halogens is 3. The van der Waals surface area contributed by atoms with E-state index >= 15 is 0 Å². The first-order valence-electron chi connectivity index (χ1n) is 10.3. The molecule has 1 aliphatic rings. The summed E-state index contributed by atoms with van der Waals surface area (Å²) in [6.45, 7) is 0. The Morgan fingerprint density at radius 1 is 1.09 bits per heavy atom. The Hall–Kier alpha value is -2.79. The number of hydrogen-bond donors (Lipinski definition) is 2. The molecule has 0 atom stereocenters. The minimum Gasteiger partial charge on any atom is -0.495 e. The molecule has 3 rings (SSSR count). The summed E-state index contributed by atoms with van der Waals surface area (Å²) in [5.74, 6) is -0.846. The van der Waals surface area contributed by atoms with Crippen LogP contribution in [-0.4, -0.2) is 41.6 Å². The zero-order valence-corrected chi connectivity index (χ0v) is 19.3. The molecule has 2 aromatic rings. The average Bonchev–Trinajstić information content (AvgIpc) is 3.24. The zero-order chi connectivity index (χ0) is 24.4. The first kappa shape index (κ1) is 24.8. The Kier molecular flexibility index (Phi) is 7.23. The van der Waals surface area contributed by atoms with Gasteiger partial charge in [-0.25, -0.2) is 13.1 Å². The van der Waals surface area contributed by atoms with E-state index in [9.17, 15) is 26.4 Å². The summed E-state index contributed by atoms with van der Waals surface area (Å²) < 4.78 is 74.3. The van der Waals surface area contributed by atoms with Gasteiger partial charge < -0.3 is 15.0 Å². The summed E-state index contributed by atoms with van der Waals surface area (Å²) in [4.78, 5) is 14.1. The van der Waals surface area contributed by atoms with Crippen LogP contribution in [0.3, 0.4) is 0 Å². The smallest absolute Gasteiger partial charge is 0.418 e. The van der Waals surface area contributed by atoms with Gasteiger partial charge in [0, 0.05) is 31.4 Å². The normalized spacial score (nSPS) is 14.8. The lowest BCUT2D eigenvalue weighted by Crippen LogP contribution is -2.33. The molecule has 0 radical (unpaired) electrons. The highest BCUT2D eigenvalue weighted by Gasteiger charge is 2.35. The molecule has 0 spiro atoms. The van der Waals surface area contributed by atoms with Gasteiger partial charge in [-0.15, -0.1) is 0 Å². The number of rotatable bonds is 7. The van der Waals surface area contributed by atoms with E-state index in [2.05, 4.69) is 10.0 Å². The molecule has 0 heterocycles. The third-order valence-corrected chi connectivity index (χ3v) is 7.01. The second-order valence-corrected chi connectivity index (χ2v) is 9.73. The molecule has 2 N–H and O–H groups in total. The van der Waals surface area contributed by atoms with E-state index in [1.165, 1.54) is 36.3 Å². The number of carbonyl (C=O) groups is 1. The molecule has 0 unspecified atom stereocenters. The summed E-state index contributed by atoms with van der Waals surface area (Å²) in [5, 5.41) is 2.26. The zero-order valence-electron chi connectivity index (χ0n) is 18.5. The van der Waals surface area contributed by atoms with Crippen molar-refractivity contribution in [3.05, 3.63) is 47.5 Å². The second kappa shape index (κ2) is 9.60. The fourth-order valence-electron chi connectivity index (χ4n) is 3.70. The van der Waals surface area contributed by atoms with Gasteiger partial charge in [-0.1, -0.05) is 12.8 Å². The van der Waals surface area contributed by atoms with Crippen LogP contribution >= 0.6 is 0 Å². The number of benzene rings is 2. The van der Waals surface area contributed by atoms with E-state index in [0.29, 0.717) is 18.5 Å². The number of ether oxygens (including phenoxy) is 1. The Bertz CT molecular complexity index is 1130. The molecule has 1 saturated carbocycles. The predicted molar refractivity (Wildman–Crippen MR) is 119 cm³/mol. The number of carbonyl (C=O) groups excluding carboxylic acids is 1. The molecule has 1 amide bonds. The van der Waals surface area contributed by atoms with Crippen molar-refractivity contribution < 1.29 is 31.1 Å². The second-order valence-electron chi connectivity index (χ2n) is 8.04. The molecule has 2 aromatic carbocycles. The summed E-state index contributed by atoms with van der Waals surface area (Å²) >= 11 is 0. The van der Waals surface area contributed by atoms with Gasteiger partial charge in [0.2, 0.25) is 10.0 Å². The predicted octanol–water partition coefficient (Wildman–Crippen LogP) is 4.25. The number of methoxy groups -OCH3 is 1. The Morgan fingerprint density at radius 3 is 2.33 bits per heavy atom. The Morgan fingerprint density at radius 2 is 1.76 bits per heavy atom. The van der Waals surface area contributed by atoms with Crippen molar-refractivity contribution in [2.24, 2.45) is 0 Å². The molecule has 7 nitrogen and oxygen atoms in total. The van der Waals surface area contributed by atoms with Gasteiger partial charge in [0.05, 0.1) is 18.4 Å². The molecular weight excluding hydrogens is 459 g/mol. The van der Waals surface area contributed by atoms with Gasteiger partial charge in [0.15, 0.2) is 0 Å². The van der Waals surface area contributed by atoms with Crippen molar-refractivity contribution in [2.45, 2.75) is 42.8 Å². The van der Waals surface area contributed by atoms with E-state index in [1.807, 2.05) is 0 Å². The topological polar surface area (TPSA) is 87.7 Å². The highest BCUT2D eigenvalue weighted by Crippen LogP contribution is 2.37. The molecule has 180 valence electrons. The maximum absolute atomic E-state index is 13.6. The van der Waals surface area contributed by atoms with Crippen molar-refractivity contribution in [2.75, 3.05) is 31.4 Å². The standard InChI is InChI=1S/C22H26F3N3O4S/c1-28(2)16-9-10-18(17(13-16)22(23,24)25)26-21(29)14-8-11-19(32-3)20(12-14)33(30,31)27-15-6-4-5-7-15/h8-13,15,27H,4-7H2,1-3H3,(H,26,29). The summed E-state index contributed by atoms with van der Waals surface area (Å²) in [5.41, 5.74) is -1.24. The average molecular weight is 486 g/mol. The lowest BCUT2D eigenvalue weighted by Gasteiger charge is -2.19. The van der Waals surface area contributed by atoms with E-state index in [0.717, 1.165) is 25.0 Å². The minimum atomic E-state index is -4.70. The van der Waals surface area contributed by atoms with Crippen LogP contribution in [0.2, 0.25) is 0 Å². The van der Waals surface area contributed by atoms with Crippen molar-refractivity contribution in [3.8, 4) is 5.75 Å². The van der Waals surface area contributed by atoms with Crippen LogP contribution in [-0.2, 0) is 16.2 Å². The van der Waals surface area contributed by atoms with Gasteiger partial charge in [0.1, 0.15) is 10.6 Å². The third kappa shape index (κ3) is 5.77. The summed E-state index contributed by atoms with van der Waals surface area (Å²) in [6, 6.07) is 7.04. The molecule has 0 aliphatic heterocycles. The molecule has 0 aromatic heterocycles. The molecule has 0 saturated heterocycles. The first-order valence-corrected chi connectivity index (χ1v) is 11.8. The molecule has 1 fully saturated rings. The highest BCUT2D eigenvalue weighted by atomic mass is 32.2. The maximum atomic E-state index is 13.6. The largest absolute Gasteiger partial charge is 0.495 e. The summed E-state index contributed by atoms with van der Waals surface area (Å²) in [7, 11) is 0.502. The first-order chi connectivity index (χ1) is 15.4. The van der Waals surface area contributed by atoms with Crippen LogP contribution in [0.4, 0.5) is 24.5 Å². The van der Waals surface area contributed by atoms with E-state index < -0.39 is 33.4 Å². The van der Waals surface area contributed by atoms with E-state index in [1.54, 1.807) is 14.1 Å². The SMILES string of the molecule is COc1ccc(C(=O)Nc2ccc(N(C)C)cc2C(F)(F)F)cc1S(=O)(=O)NC1CCCC1. The van der Waals surface area contributed by atoms with Crippen LogP contribution < -0.4 is 19.7 Å². The number of nitrogens with one attached hydrogen (secondary N) is 2. The van der Waals surface area contributed by atoms with Crippen LogP contribution in [0, 0.1) is 0 Å². The van der Waals surface area contributed by atoms with E-state index in [4.69, 9.17) is 4.74 Å². The molecule has 0 bridgehead atoms. The van der Waals surface area contributed by atoms with Gasteiger partial charge in [-0.3, -0.25) is 4.79 Å². The molecule has 11 heteroatoms. The van der Waals surface area contributed by atoms with Crippen LogP contribution in [0.15, 0.2) is 41.3 Å². The quantitative estimate of drug-likeness (QED) is 0.612. The highest BCUT2D eigenvalue weighted by molar-refractivity contribution is 7.89. The fraction of sp³-hybridized carbons (Fsp3) is 0.409. The maximum Gasteiger partial charge on any atom is 0.418 e. The number of sulfonamides is 1. The van der Waals surface area contributed by atoms with Gasteiger partial charge in [-0.05, 0) is 49.2 Å². The number of alkyl halides is 3. The Labute approximate surface area is 191 Å². The van der Waals surface area contributed by atoms with Crippen molar-refractivity contribution in [1.29, 1.82) is 0 Å². The molecular formula is C22H26F3N3O4S. The fourth-order valence-corrected chi connectivity index (χ4v) is 5.20. The summed E-state index contributed by atoms with van der Waals surface area (Å²) in [6.07, 6.45) is -1.44. The monoisotopic (exact) mass is 485 g/mol. The number of hydrogen-bond acceptors (Lipinski definition) is 5. The number of anilines is 2. The van der Waals surface area contributed by atoms with Gasteiger partial charge in [0.25, 0.3) is 5.91 Å².